The van der Waals surface area contributed by atoms with Crippen LogP contribution in [-0.2, 0) is 10.2 Å². The first-order valence-electron chi connectivity index (χ1n) is 5.56. The van der Waals surface area contributed by atoms with Crippen molar-refractivity contribution in [2.75, 3.05) is 0 Å². The van der Waals surface area contributed by atoms with E-state index in [0.717, 1.165) is 0 Å². The van der Waals surface area contributed by atoms with E-state index in [1.54, 1.807) is 30.3 Å². The van der Waals surface area contributed by atoms with E-state index in [1.165, 1.54) is 18.2 Å². The molecule has 0 unspecified atom stereocenters. The summed E-state index contributed by atoms with van der Waals surface area (Å²) in [6, 6.07) is 13.8. The number of nitrogens with one attached hydrogen (secondary N) is 1. The van der Waals surface area contributed by atoms with Crippen molar-refractivity contribution < 1.29 is 12.8 Å². The van der Waals surface area contributed by atoms with Crippen LogP contribution in [0.2, 0.25) is 0 Å². The Morgan fingerprint density at radius 1 is 1.00 bits per heavy atom. The highest BCUT2D eigenvalue weighted by Gasteiger charge is 2.18. The van der Waals surface area contributed by atoms with Crippen LogP contribution in [0, 0.1) is 5.82 Å². The third kappa shape index (κ3) is 3.85. The largest absolute Gasteiger partial charge is 0.275 e. The molecule has 0 saturated carbocycles. The Kier molecular flexibility index (Phi) is 3.94. The second-order valence-corrected chi connectivity index (χ2v) is 5.39. The minimum Gasteiger partial charge on any atom is -0.216 e. The van der Waals surface area contributed by atoms with Crippen molar-refractivity contribution in [1.82, 2.24) is 4.72 Å². The number of hydrogen-bond acceptors (Lipinski definition) is 2. The highest BCUT2D eigenvalue weighted by Crippen LogP contribution is 2.22. The average Bonchev–Trinajstić information content (AvgIpc) is 2.36. The van der Waals surface area contributed by atoms with E-state index < -0.39 is 22.1 Å². The van der Waals surface area contributed by atoms with Gasteiger partial charge in [-0.3, -0.25) is 0 Å². The van der Waals surface area contributed by atoms with Crippen molar-refractivity contribution in [2.45, 2.75) is 6.04 Å². The topological polar surface area (TPSA) is 72.2 Å². The molecule has 0 saturated heterocycles. The highest BCUT2D eigenvalue weighted by molar-refractivity contribution is 7.87. The summed E-state index contributed by atoms with van der Waals surface area (Å²) in [5.74, 6) is -0.436. The van der Waals surface area contributed by atoms with Crippen LogP contribution in [-0.4, -0.2) is 8.42 Å². The summed E-state index contributed by atoms with van der Waals surface area (Å²) in [6.45, 7) is 0. The van der Waals surface area contributed by atoms with E-state index >= 15 is 0 Å². The van der Waals surface area contributed by atoms with Crippen LogP contribution >= 0.6 is 0 Å². The summed E-state index contributed by atoms with van der Waals surface area (Å²) in [5, 5.41) is 5.02. The summed E-state index contributed by atoms with van der Waals surface area (Å²) >= 11 is 0. The second-order valence-electron chi connectivity index (χ2n) is 4.06. The van der Waals surface area contributed by atoms with Crippen LogP contribution in [0.5, 0.6) is 0 Å². The molecule has 0 bridgehead atoms. The van der Waals surface area contributed by atoms with Gasteiger partial charge in [0.15, 0.2) is 0 Å². The number of halogens is 1. The Labute approximate surface area is 111 Å². The van der Waals surface area contributed by atoms with Crippen molar-refractivity contribution in [3.63, 3.8) is 0 Å². The zero-order chi connectivity index (χ0) is 13.9. The maximum Gasteiger partial charge on any atom is 0.275 e. The minimum absolute atomic E-state index is 0.436. The van der Waals surface area contributed by atoms with Gasteiger partial charge >= 0.3 is 0 Å². The Balaban J connectivity index is 2.46. The van der Waals surface area contributed by atoms with Gasteiger partial charge in [0.1, 0.15) is 5.82 Å². The molecule has 0 fully saturated rings. The Morgan fingerprint density at radius 3 is 2.21 bits per heavy atom. The summed E-state index contributed by atoms with van der Waals surface area (Å²) in [4.78, 5) is 0. The zero-order valence-electron chi connectivity index (χ0n) is 9.95. The molecule has 0 aliphatic heterocycles. The van der Waals surface area contributed by atoms with Crippen LogP contribution in [0.15, 0.2) is 54.6 Å². The first-order valence-corrected chi connectivity index (χ1v) is 7.11. The molecule has 0 aromatic heterocycles. The van der Waals surface area contributed by atoms with E-state index in [1.807, 2.05) is 6.07 Å². The molecule has 0 radical (unpaired) electrons. The van der Waals surface area contributed by atoms with Crippen LogP contribution in [0.1, 0.15) is 17.2 Å². The quantitative estimate of drug-likeness (QED) is 0.895. The Morgan fingerprint density at radius 2 is 1.63 bits per heavy atom. The zero-order valence-corrected chi connectivity index (χ0v) is 10.8. The lowest BCUT2D eigenvalue weighted by Crippen LogP contribution is -2.34. The molecular weight excluding hydrogens is 267 g/mol. The lowest BCUT2D eigenvalue weighted by molar-refractivity contribution is 0.572. The van der Waals surface area contributed by atoms with Gasteiger partial charge < -0.3 is 0 Å². The lowest BCUT2D eigenvalue weighted by Gasteiger charge is -2.18. The predicted molar refractivity (Wildman–Crippen MR) is 70.9 cm³/mol. The van der Waals surface area contributed by atoms with Gasteiger partial charge in [-0.05, 0) is 23.3 Å². The van der Waals surface area contributed by atoms with Crippen LogP contribution in [0.25, 0.3) is 0 Å². The smallest absolute Gasteiger partial charge is 0.216 e. The first kappa shape index (κ1) is 13.7. The van der Waals surface area contributed by atoms with E-state index in [9.17, 15) is 12.8 Å². The van der Waals surface area contributed by atoms with Crippen LogP contribution in [0.3, 0.4) is 0 Å². The molecule has 0 aliphatic rings. The van der Waals surface area contributed by atoms with E-state index in [2.05, 4.69) is 4.72 Å². The molecular formula is C13H13FN2O2S. The molecule has 6 heteroatoms. The molecule has 19 heavy (non-hydrogen) atoms. The average molecular weight is 280 g/mol. The fourth-order valence-corrected chi connectivity index (χ4v) is 2.43. The molecule has 0 aliphatic carbocycles. The summed E-state index contributed by atoms with van der Waals surface area (Å²) < 4.78 is 38.1. The summed E-state index contributed by atoms with van der Waals surface area (Å²) in [5.41, 5.74) is 1.17. The van der Waals surface area contributed by atoms with Crippen molar-refractivity contribution in [2.24, 2.45) is 5.14 Å². The predicted octanol–water partition coefficient (Wildman–Crippen LogP) is 1.71. The summed E-state index contributed by atoms with van der Waals surface area (Å²) in [7, 11) is -3.90. The van der Waals surface area contributed by atoms with Gasteiger partial charge in [-0.2, -0.15) is 13.1 Å². The van der Waals surface area contributed by atoms with Gasteiger partial charge in [-0.25, -0.2) is 9.53 Å². The molecule has 0 spiro atoms. The minimum atomic E-state index is -3.90. The molecule has 1 atom stereocenters. The molecule has 100 valence electrons. The van der Waals surface area contributed by atoms with Crippen molar-refractivity contribution in [3.05, 3.63) is 71.5 Å². The van der Waals surface area contributed by atoms with Crippen LogP contribution < -0.4 is 9.86 Å². The lowest BCUT2D eigenvalue weighted by atomic mass is 10.00. The first-order chi connectivity index (χ1) is 8.96. The Bertz CT molecular complexity index is 659. The number of benzene rings is 2. The maximum atomic E-state index is 13.3. The standard InChI is InChI=1S/C13H13FN2O2S/c14-12-8-4-7-11(9-12)13(16-19(15,17)18)10-5-2-1-3-6-10/h1-9,13,16H,(H2,15,17,18)/t13-/m1/s1. The van der Waals surface area contributed by atoms with Gasteiger partial charge in [0.2, 0.25) is 0 Å². The molecule has 0 heterocycles. The number of rotatable bonds is 4. The van der Waals surface area contributed by atoms with Crippen molar-refractivity contribution in [3.8, 4) is 0 Å². The Hall–Kier alpha value is -1.76. The van der Waals surface area contributed by atoms with Gasteiger partial charge in [-0.15, -0.1) is 0 Å². The normalized spacial score (nSPS) is 13.2. The molecule has 2 rings (SSSR count). The third-order valence-electron chi connectivity index (χ3n) is 2.60. The molecule has 3 N–H and O–H groups in total. The van der Waals surface area contributed by atoms with E-state index in [4.69, 9.17) is 5.14 Å². The van der Waals surface area contributed by atoms with Crippen molar-refractivity contribution in [1.29, 1.82) is 0 Å². The highest BCUT2D eigenvalue weighted by atomic mass is 32.2. The van der Waals surface area contributed by atoms with E-state index in [0.29, 0.717) is 11.1 Å². The van der Waals surface area contributed by atoms with Gasteiger partial charge in [0.05, 0.1) is 6.04 Å². The fourth-order valence-electron chi connectivity index (χ4n) is 1.82. The molecule has 2 aromatic carbocycles. The molecule has 0 amide bonds. The fraction of sp³-hybridized carbons (Fsp3) is 0.0769. The SMILES string of the molecule is NS(=O)(=O)N[C@H](c1ccccc1)c1cccc(F)c1. The maximum absolute atomic E-state index is 13.3. The second kappa shape index (κ2) is 5.48. The van der Waals surface area contributed by atoms with Gasteiger partial charge in [0.25, 0.3) is 10.2 Å². The summed E-state index contributed by atoms with van der Waals surface area (Å²) in [6.07, 6.45) is 0. The monoisotopic (exact) mass is 280 g/mol. The molecule has 4 nitrogen and oxygen atoms in total. The van der Waals surface area contributed by atoms with Crippen molar-refractivity contribution >= 4 is 10.2 Å². The number of hydrogen-bond donors (Lipinski definition) is 2. The molecule has 2 aromatic rings. The third-order valence-corrected chi connectivity index (χ3v) is 3.16. The number of nitrogens with two attached hydrogens (primary N) is 1. The van der Waals surface area contributed by atoms with Gasteiger partial charge in [0, 0.05) is 0 Å². The van der Waals surface area contributed by atoms with Gasteiger partial charge in [-0.1, -0.05) is 42.5 Å². The van der Waals surface area contributed by atoms with Crippen LogP contribution in [0.4, 0.5) is 4.39 Å². The van der Waals surface area contributed by atoms with E-state index in [-0.39, 0.29) is 0 Å².